The van der Waals surface area contributed by atoms with Gasteiger partial charge in [0.25, 0.3) is 5.91 Å². The first-order chi connectivity index (χ1) is 18.5. The Morgan fingerprint density at radius 3 is 2.58 bits per heavy atom. The molecule has 10 nitrogen and oxygen atoms in total. The van der Waals surface area contributed by atoms with Gasteiger partial charge in [0.05, 0.1) is 25.0 Å². The van der Waals surface area contributed by atoms with Crippen LogP contribution in [0.25, 0.3) is 0 Å². The van der Waals surface area contributed by atoms with Crippen molar-refractivity contribution in [2.45, 2.75) is 76.5 Å². The van der Waals surface area contributed by atoms with E-state index in [1.165, 1.54) is 32.1 Å². The molecule has 0 saturated heterocycles. The Balaban J connectivity index is 1.22. The number of pyridine rings is 1. The molecule has 3 aliphatic rings. The molecule has 2 aromatic heterocycles. The van der Waals surface area contributed by atoms with E-state index < -0.39 is 5.97 Å². The highest BCUT2D eigenvalue weighted by Crippen LogP contribution is 2.37. The Morgan fingerprint density at radius 1 is 1.08 bits per heavy atom. The summed E-state index contributed by atoms with van der Waals surface area (Å²) in [5, 5.41) is 9.04. The fourth-order valence-corrected chi connectivity index (χ4v) is 6.02. The summed E-state index contributed by atoms with van der Waals surface area (Å²) >= 11 is 0. The molecule has 0 bridgehead atoms. The maximum atomic E-state index is 13.5. The number of rotatable bonds is 8. The first kappa shape index (κ1) is 26.2. The van der Waals surface area contributed by atoms with Crippen molar-refractivity contribution >= 4 is 23.4 Å². The Labute approximate surface area is 223 Å². The standard InChI is InChI=1S/C28H37N5O5/c29-25-24-26(32-28(31-25)38-14-12-18-4-2-1-3-5-18)37-15-13-33(27(24)36)21-10-11-22(30-17-21)20-8-6-19(7-9-20)16-23(34)35/h10-11,17-20H,1-9,12-16H2,(H,34,35)(H2,29,31,32). The molecule has 1 aliphatic heterocycles. The number of nitrogen functional groups attached to an aromatic ring is 1. The normalized spacial score (nSPS) is 22.3. The van der Waals surface area contributed by atoms with Crippen molar-refractivity contribution in [2.24, 2.45) is 11.8 Å². The van der Waals surface area contributed by atoms with Gasteiger partial charge < -0.3 is 25.2 Å². The van der Waals surface area contributed by atoms with Crippen molar-refractivity contribution in [2.75, 3.05) is 30.4 Å². The summed E-state index contributed by atoms with van der Waals surface area (Å²) < 4.78 is 11.6. The summed E-state index contributed by atoms with van der Waals surface area (Å²) in [6, 6.07) is 4.00. The van der Waals surface area contributed by atoms with Crippen LogP contribution >= 0.6 is 0 Å². The van der Waals surface area contributed by atoms with Crippen LogP contribution in [0.2, 0.25) is 0 Å². The third kappa shape index (κ3) is 6.16. The molecule has 2 aromatic rings. The predicted molar refractivity (Wildman–Crippen MR) is 141 cm³/mol. The smallest absolute Gasteiger partial charge is 0.321 e. The highest BCUT2D eigenvalue weighted by atomic mass is 16.5. The van der Waals surface area contributed by atoms with Crippen LogP contribution in [0.1, 0.15) is 92.6 Å². The van der Waals surface area contributed by atoms with Gasteiger partial charge in [0.2, 0.25) is 5.88 Å². The van der Waals surface area contributed by atoms with E-state index in [2.05, 4.69) is 15.0 Å². The van der Waals surface area contributed by atoms with Crippen molar-refractivity contribution in [3.63, 3.8) is 0 Å². The topological polar surface area (TPSA) is 141 Å². The van der Waals surface area contributed by atoms with Crippen molar-refractivity contribution < 1.29 is 24.2 Å². The van der Waals surface area contributed by atoms with E-state index in [9.17, 15) is 9.59 Å². The van der Waals surface area contributed by atoms with Gasteiger partial charge in [0, 0.05) is 18.0 Å². The van der Waals surface area contributed by atoms with Crippen molar-refractivity contribution in [3.8, 4) is 11.9 Å². The summed E-state index contributed by atoms with van der Waals surface area (Å²) in [5.41, 5.74) is 7.98. The Bertz CT molecular complexity index is 1130. The molecule has 5 rings (SSSR count). The second-order valence-corrected chi connectivity index (χ2v) is 10.8. The largest absolute Gasteiger partial charge is 0.481 e. The van der Waals surface area contributed by atoms with Crippen LogP contribution in [0.3, 0.4) is 0 Å². The van der Waals surface area contributed by atoms with Gasteiger partial charge in [0.1, 0.15) is 18.0 Å². The number of aromatic nitrogens is 3. The summed E-state index contributed by atoms with van der Waals surface area (Å²) in [4.78, 5) is 39.3. The summed E-state index contributed by atoms with van der Waals surface area (Å²) in [7, 11) is 0. The summed E-state index contributed by atoms with van der Waals surface area (Å²) in [5.74, 6) is 0.371. The van der Waals surface area contributed by atoms with Gasteiger partial charge in [-0.05, 0) is 56.1 Å². The number of nitrogens with zero attached hydrogens (tertiary/aromatic N) is 4. The molecule has 1 amide bonds. The molecular weight excluding hydrogens is 486 g/mol. The van der Waals surface area contributed by atoms with Crippen LogP contribution in [0, 0.1) is 11.8 Å². The third-order valence-electron chi connectivity index (χ3n) is 8.19. The van der Waals surface area contributed by atoms with Crippen LogP contribution in [-0.4, -0.2) is 51.7 Å². The lowest BCUT2D eigenvalue weighted by molar-refractivity contribution is -0.138. The molecule has 204 valence electrons. The van der Waals surface area contributed by atoms with Gasteiger partial charge in [0.15, 0.2) is 0 Å². The number of ether oxygens (including phenoxy) is 2. The Kier molecular flexibility index (Phi) is 8.24. The molecule has 0 spiro atoms. The van der Waals surface area contributed by atoms with Crippen molar-refractivity contribution in [1.82, 2.24) is 15.0 Å². The van der Waals surface area contributed by atoms with Gasteiger partial charge in [-0.25, -0.2) is 0 Å². The minimum Gasteiger partial charge on any atom is -0.481 e. The maximum absolute atomic E-state index is 13.5. The van der Waals surface area contributed by atoms with Gasteiger partial charge >= 0.3 is 12.0 Å². The lowest BCUT2D eigenvalue weighted by Gasteiger charge is -2.27. The first-order valence-electron chi connectivity index (χ1n) is 13.9. The average molecular weight is 524 g/mol. The van der Waals surface area contributed by atoms with Crippen LogP contribution in [0.4, 0.5) is 11.5 Å². The Hall–Kier alpha value is -3.43. The Morgan fingerprint density at radius 2 is 1.87 bits per heavy atom. The number of fused-ring (bicyclic) bond motifs is 1. The summed E-state index contributed by atoms with van der Waals surface area (Å²) in [6.45, 7) is 1.10. The second-order valence-electron chi connectivity index (χ2n) is 10.8. The molecule has 2 fully saturated rings. The fraction of sp³-hybridized carbons (Fsp3) is 0.607. The molecule has 0 aromatic carbocycles. The number of carbonyl (C=O) groups is 2. The lowest BCUT2D eigenvalue weighted by atomic mass is 9.79. The highest BCUT2D eigenvalue weighted by Gasteiger charge is 2.31. The molecule has 2 aliphatic carbocycles. The zero-order valence-corrected chi connectivity index (χ0v) is 21.8. The van der Waals surface area contributed by atoms with Crippen molar-refractivity contribution in [1.29, 1.82) is 0 Å². The highest BCUT2D eigenvalue weighted by molar-refractivity contribution is 6.10. The van der Waals surface area contributed by atoms with E-state index in [0.29, 0.717) is 30.7 Å². The molecule has 0 atom stereocenters. The molecular formula is C28H37N5O5. The molecule has 38 heavy (non-hydrogen) atoms. The number of hydrogen-bond donors (Lipinski definition) is 2. The number of carbonyl (C=O) groups excluding carboxylic acids is 1. The molecule has 3 heterocycles. The molecule has 10 heteroatoms. The van der Waals surface area contributed by atoms with Gasteiger partial charge in [-0.2, -0.15) is 9.97 Å². The van der Waals surface area contributed by atoms with E-state index in [4.69, 9.17) is 20.3 Å². The van der Waals surface area contributed by atoms with Gasteiger partial charge in [-0.1, -0.05) is 32.1 Å². The SMILES string of the molecule is Nc1nc(OCCC2CCCCC2)nc2c1C(=O)N(c1ccc(C3CCC(CC(=O)O)CC3)nc1)CCO2. The van der Waals surface area contributed by atoms with Crippen LogP contribution in [0.15, 0.2) is 18.3 Å². The van der Waals surface area contributed by atoms with E-state index in [1.807, 2.05) is 12.1 Å². The van der Waals surface area contributed by atoms with Crippen molar-refractivity contribution in [3.05, 3.63) is 29.6 Å². The predicted octanol–water partition coefficient (Wildman–Crippen LogP) is 4.59. The number of nitrogens with two attached hydrogens (primary N) is 1. The van der Waals surface area contributed by atoms with Crippen LogP contribution < -0.4 is 20.1 Å². The van der Waals surface area contributed by atoms with E-state index in [0.717, 1.165) is 37.8 Å². The molecule has 2 saturated carbocycles. The monoisotopic (exact) mass is 523 g/mol. The number of carboxylic acids is 1. The maximum Gasteiger partial charge on any atom is 0.321 e. The average Bonchev–Trinajstić information content (AvgIpc) is 3.08. The molecule has 3 N–H and O–H groups in total. The zero-order valence-electron chi connectivity index (χ0n) is 21.8. The quantitative estimate of drug-likeness (QED) is 0.508. The minimum atomic E-state index is -0.729. The molecule has 0 unspecified atom stereocenters. The fourth-order valence-electron chi connectivity index (χ4n) is 6.02. The van der Waals surface area contributed by atoms with Gasteiger partial charge in [-0.15, -0.1) is 0 Å². The number of hydrogen-bond acceptors (Lipinski definition) is 8. The second kappa shape index (κ2) is 12.0. The zero-order chi connectivity index (χ0) is 26.5. The third-order valence-corrected chi connectivity index (χ3v) is 8.19. The molecule has 0 radical (unpaired) electrons. The minimum absolute atomic E-state index is 0.0438. The van der Waals surface area contributed by atoms with Crippen LogP contribution in [0.5, 0.6) is 11.9 Å². The number of amides is 1. The lowest BCUT2D eigenvalue weighted by Crippen LogP contribution is -2.33. The number of carboxylic acid groups (broad SMARTS) is 1. The summed E-state index contributed by atoms with van der Waals surface area (Å²) in [6.07, 6.45) is 12.9. The van der Waals surface area contributed by atoms with E-state index >= 15 is 0 Å². The van der Waals surface area contributed by atoms with Gasteiger partial charge in [-0.3, -0.25) is 14.6 Å². The first-order valence-corrected chi connectivity index (χ1v) is 13.9. The van der Waals surface area contributed by atoms with E-state index in [1.54, 1.807) is 11.1 Å². The van der Waals surface area contributed by atoms with E-state index in [-0.39, 0.29) is 48.1 Å². The number of anilines is 2. The van der Waals surface area contributed by atoms with Crippen LogP contribution in [-0.2, 0) is 4.79 Å². The number of aliphatic carboxylic acids is 1.